The zero-order valence-corrected chi connectivity index (χ0v) is 16.9. The van der Waals surface area contributed by atoms with Crippen LogP contribution in [0.1, 0.15) is 25.7 Å². The first-order chi connectivity index (χ1) is 14.2. The molecule has 1 aliphatic heterocycles. The van der Waals surface area contributed by atoms with Gasteiger partial charge in [0.05, 0.1) is 0 Å². The number of benzene rings is 2. The molecule has 0 spiro atoms. The molecule has 0 N–H and O–H groups in total. The third kappa shape index (κ3) is 3.95. The van der Waals surface area contributed by atoms with Crippen molar-refractivity contribution in [3.63, 3.8) is 0 Å². The summed E-state index contributed by atoms with van der Waals surface area (Å²) in [5.74, 6) is 1.54. The van der Waals surface area contributed by atoms with Gasteiger partial charge >= 0.3 is 0 Å². The molecule has 1 amide bonds. The average Bonchev–Trinajstić information content (AvgIpc) is 3.60. The minimum absolute atomic E-state index is 0.180. The van der Waals surface area contributed by atoms with Gasteiger partial charge < -0.3 is 9.64 Å². The molecule has 5 heteroatoms. The van der Waals surface area contributed by atoms with E-state index in [1.807, 2.05) is 29.2 Å². The van der Waals surface area contributed by atoms with Gasteiger partial charge in [-0.1, -0.05) is 35.9 Å². The fourth-order valence-electron chi connectivity index (χ4n) is 4.02. The number of hydrogen-bond acceptors (Lipinski definition) is 3. The Morgan fingerprint density at radius 2 is 1.69 bits per heavy atom. The van der Waals surface area contributed by atoms with Crippen molar-refractivity contribution in [3.8, 4) is 16.9 Å². The number of nitrogens with zero attached hydrogens (tertiary/aromatic N) is 2. The Morgan fingerprint density at radius 3 is 2.41 bits per heavy atom. The second kappa shape index (κ2) is 7.68. The van der Waals surface area contributed by atoms with E-state index in [1.54, 1.807) is 6.20 Å². The minimum atomic E-state index is 0.180. The molecule has 2 fully saturated rings. The van der Waals surface area contributed by atoms with E-state index in [9.17, 15) is 4.79 Å². The molecule has 3 aromatic rings. The lowest BCUT2D eigenvalue weighted by atomic mass is 10.0. The Kier molecular flexibility index (Phi) is 4.88. The normalized spacial score (nSPS) is 17.5. The minimum Gasteiger partial charge on any atom is -0.490 e. The van der Waals surface area contributed by atoms with Crippen molar-refractivity contribution in [1.82, 2.24) is 9.88 Å². The standard InChI is InChI=1S/C24H23ClN2O2/c25-23-22-8-5-18(15-19(22)9-12-26-23)16-3-6-20(7-4-16)29-21-10-13-27(14-11-21)24(28)17-1-2-17/h3-9,12,15,17,21H,1-2,10-11,13-14H2. The number of rotatable bonds is 4. The zero-order chi connectivity index (χ0) is 19.8. The SMILES string of the molecule is O=C(C1CC1)N1CCC(Oc2ccc(-c3ccc4c(Cl)nccc4c3)cc2)CC1. The molecule has 1 aromatic heterocycles. The van der Waals surface area contributed by atoms with E-state index in [0.717, 1.165) is 66.4 Å². The monoisotopic (exact) mass is 406 g/mol. The lowest BCUT2D eigenvalue weighted by Crippen LogP contribution is -2.42. The van der Waals surface area contributed by atoms with E-state index >= 15 is 0 Å². The number of likely N-dealkylation sites (tertiary alicyclic amines) is 1. The number of halogens is 1. The largest absolute Gasteiger partial charge is 0.490 e. The van der Waals surface area contributed by atoms with Crippen LogP contribution in [-0.4, -0.2) is 35.0 Å². The molecule has 1 saturated carbocycles. The molecule has 1 saturated heterocycles. The van der Waals surface area contributed by atoms with Gasteiger partial charge in [-0.05, 0) is 53.6 Å². The molecular formula is C24H23ClN2O2. The van der Waals surface area contributed by atoms with Crippen LogP contribution in [0.3, 0.4) is 0 Å². The van der Waals surface area contributed by atoms with Gasteiger partial charge in [0, 0.05) is 43.4 Å². The van der Waals surface area contributed by atoms with E-state index in [4.69, 9.17) is 16.3 Å². The molecule has 1 aliphatic carbocycles. The molecule has 29 heavy (non-hydrogen) atoms. The first-order valence-corrected chi connectivity index (χ1v) is 10.7. The maximum Gasteiger partial charge on any atom is 0.225 e. The molecule has 4 nitrogen and oxygen atoms in total. The third-order valence-corrected chi connectivity index (χ3v) is 6.19. The summed E-state index contributed by atoms with van der Waals surface area (Å²) in [6, 6.07) is 16.4. The van der Waals surface area contributed by atoms with Crippen LogP contribution in [0.5, 0.6) is 5.75 Å². The lowest BCUT2D eigenvalue weighted by molar-refractivity contribution is -0.134. The summed E-state index contributed by atoms with van der Waals surface area (Å²) in [5.41, 5.74) is 2.27. The Balaban J connectivity index is 1.23. The molecule has 0 unspecified atom stereocenters. The molecule has 5 rings (SSSR count). The summed E-state index contributed by atoms with van der Waals surface area (Å²) in [4.78, 5) is 18.3. The molecule has 148 valence electrons. The van der Waals surface area contributed by atoms with Crippen LogP contribution in [0.15, 0.2) is 54.7 Å². The smallest absolute Gasteiger partial charge is 0.225 e. The second-order valence-corrected chi connectivity index (χ2v) is 8.34. The summed E-state index contributed by atoms with van der Waals surface area (Å²) in [6.45, 7) is 1.62. The molecule has 0 atom stereocenters. The second-order valence-electron chi connectivity index (χ2n) is 7.98. The first kappa shape index (κ1) is 18.4. The maximum atomic E-state index is 12.2. The van der Waals surface area contributed by atoms with Gasteiger partial charge in [0.2, 0.25) is 5.91 Å². The topological polar surface area (TPSA) is 42.4 Å². The van der Waals surface area contributed by atoms with E-state index in [0.29, 0.717) is 17.0 Å². The number of pyridine rings is 1. The van der Waals surface area contributed by atoms with Gasteiger partial charge in [-0.15, -0.1) is 0 Å². The van der Waals surface area contributed by atoms with Crippen molar-refractivity contribution < 1.29 is 9.53 Å². The molecule has 2 heterocycles. The third-order valence-electron chi connectivity index (χ3n) is 5.89. The van der Waals surface area contributed by atoms with Crippen molar-refractivity contribution in [1.29, 1.82) is 0 Å². The number of fused-ring (bicyclic) bond motifs is 1. The van der Waals surface area contributed by atoms with Crippen LogP contribution in [0, 0.1) is 5.92 Å². The molecule has 0 bridgehead atoms. The van der Waals surface area contributed by atoms with Crippen LogP contribution in [0.4, 0.5) is 0 Å². The number of piperidine rings is 1. The van der Waals surface area contributed by atoms with Gasteiger partial charge in [0.25, 0.3) is 0 Å². The molecular weight excluding hydrogens is 384 g/mol. The van der Waals surface area contributed by atoms with Crippen molar-refractivity contribution in [2.75, 3.05) is 13.1 Å². The Hall–Kier alpha value is -2.59. The highest BCUT2D eigenvalue weighted by Crippen LogP contribution is 2.33. The molecule has 2 aliphatic rings. The van der Waals surface area contributed by atoms with Gasteiger partial charge in [-0.3, -0.25) is 4.79 Å². The van der Waals surface area contributed by atoms with Gasteiger partial charge in [0.1, 0.15) is 17.0 Å². The van der Waals surface area contributed by atoms with Crippen LogP contribution in [0.25, 0.3) is 21.9 Å². The van der Waals surface area contributed by atoms with Crippen LogP contribution in [-0.2, 0) is 4.79 Å². The maximum absolute atomic E-state index is 12.2. The van der Waals surface area contributed by atoms with E-state index in [1.165, 1.54) is 0 Å². The number of hydrogen-bond donors (Lipinski definition) is 0. The van der Waals surface area contributed by atoms with Gasteiger partial charge in [-0.25, -0.2) is 4.98 Å². The summed E-state index contributed by atoms with van der Waals surface area (Å²) in [7, 11) is 0. The number of aromatic nitrogens is 1. The first-order valence-electron chi connectivity index (χ1n) is 10.3. The van der Waals surface area contributed by atoms with Crippen LogP contribution in [0.2, 0.25) is 5.15 Å². The van der Waals surface area contributed by atoms with E-state index in [-0.39, 0.29) is 6.10 Å². The van der Waals surface area contributed by atoms with Crippen molar-refractivity contribution in [2.24, 2.45) is 5.92 Å². The highest BCUT2D eigenvalue weighted by atomic mass is 35.5. The summed E-state index contributed by atoms with van der Waals surface area (Å²) >= 11 is 6.16. The summed E-state index contributed by atoms with van der Waals surface area (Å²) < 4.78 is 6.17. The number of carbonyl (C=O) groups excluding carboxylic acids is 1. The van der Waals surface area contributed by atoms with E-state index in [2.05, 4.69) is 29.2 Å². The van der Waals surface area contributed by atoms with Gasteiger partial charge in [0.15, 0.2) is 0 Å². The average molecular weight is 407 g/mol. The predicted molar refractivity (Wildman–Crippen MR) is 115 cm³/mol. The number of amides is 1. The van der Waals surface area contributed by atoms with E-state index < -0.39 is 0 Å². The summed E-state index contributed by atoms with van der Waals surface area (Å²) in [6.07, 6.45) is 5.86. The Labute approximate surface area is 175 Å². The molecule has 0 radical (unpaired) electrons. The Bertz CT molecular complexity index is 1040. The van der Waals surface area contributed by atoms with Crippen molar-refractivity contribution in [2.45, 2.75) is 31.8 Å². The van der Waals surface area contributed by atoms with Crippen molar-refractivity contribution >= 4 is 28.3 Å². The number of ether oxygens (including phenoxy) is 1. The van der Waals surface area contributed by atoms with Crippen LogP contribution >= 0.6 is 11.6 Å². The van der Waals surface area contributed by atoms with Crippen molar-refractivity contribution in [3.05, 3.63) is 59.9 Å². The fraction of sp³-hybridized carbons (Fsp3) is 0.333. The van der Waals surface area contributed by atoms with Crippen LogP contribution < -0.4 is 4.74 Å². The fourth-order valence-corrected chi connectivity index (χ4v) is 4.25. The Morgan fingerprint density at radius 1 is 0.966 bits per heavy atom. The number of carbonyl (C=O) groups is 1. The highest BCUT2D eigenvalue weighted by molar-refractivity contribution is 6.34. The predicted octanol–water partition coefficient (Wildman–Crippen LogP) is 5.34. The summed E-state index contributed by atoms with van der Waals surface area (Å²) in [5, 5.41) is 2.57. The molecule has 2 aromatic carbocycles. The quantitative estimate of drug-likeness (QED) is 0.549. The zero-order valence-electron chi connectivity index (χ0n) is 16.2. The highest BCUT2D eigenvalue weighted by Gasteiger charge is 2.35. The lowest BCUT2D eigenvalue weighted by Gasteiger charge is -2.32. The van der Waals surface area contributed by atoms with Gasteiger partial charge in [-0.2, -0.15) is 0 Å².